The van der Waals surface area contributed by atoms with Crippen LogP contribution in [0.25, 0.3) is 0 Å². The Morgan fingerprint density at radius 2 is 2.16 bits per heavy atom. The molecule has 1 aromatic rings. The third-order valence-electron chi connectivity index (χ3n) is 2.33. The number of esters is 1. The van der Waals surface area contributed by atoms with Crippen LogP contribution in [0.5, 0.6) is 0 Å². The zero-order valence-corrected chi connectivity index (χ0v) is 11.2. The molecule has 104 valence electrons. The average molecular weight is 287 g/mol. The molecular weight excluding hydrogens is 274 g/mol. The Kier molecular flexibility index (Phi) is 5.37. The Hall–Kier alpha value is -2.03. The van der Waals surface area contributed by atoms with Gasteiger partial charge < -0.3 is 15.2 Å². The minimum absolute atomic E-state index is 0.0426. The monoisotopic (exact) mass is 287 g/mol. The van der Waals surface area contributed by atoms with Crippen LogP contribution in [0.2, 0.25) is 0 Å². The van der Waals surface area contributed by atoms with E-state index in [1.54, 1.807) is 6.92 Å². The summed E-state index contributed by atoms with van der Waals surface area (Å²) in [5.74, 6) is -2.31. The number of carboxylic acid groups (broad SMARTS) is 1. The Morgan fingerprint density at radius 3 is 2.63 bits per heavy atom. The number of hydrogen-bond donors (Lipinski definition) is 2. The van der Waals surface area contributed by atoms with Crippen molar-refractivity contribution in [3.8, 4) is 0 Å². The van der Waals surface area contributed by atoms with Gasteiger partial charge in [-0.3, -0.25) is 9.59 Å². The minimum atomic E-state index is -1.22. The van der Waals surface area contributed by atoms with Crippen molar-refractivity contribution in [1.29, 1.82) is 0 Å². The third kappa shape index (κ3) is 4.28. The number of ether oxygens (including phenoxy) is 1. The number of carbonyl (C=O) groups excluding carboxylic acids is 2. The molecule has 0 aliphatic carbocycles. The molecule has 1 rings (SSSR count). The molecule has 1 atom stereocenters. The zero-order valence-electron chi connectivity index (χ0n) is 10.4. The maximum absolute atomic E-state index is 11.8. The number of nitrogens with zero attached hydrogens (tertiary/aromatic N) is 2. The first-order chi connectivity index (χ1) is 8.95. The molecule has 1 aromatic heterocycles. The van der Waals surface area contributed by atoms with Crippen molar-refractivity contribution in [1.82, 2.24) is 14.9 Å². The van der Waals surface area contributed by atoms with Crippen LogP contribution in [0.3, 0.4) is 0 Å². The molecule has 0 saturated heterocycles. The molecule has 0 saturated carbocycles. The molecule has 0 unspecified atom stereocenters. The predicted molar refractivity (Wildman–Crippen MR) is 64.8 cm³/mol. The number of nitrogens with one attached hydrogen (secondary N) is 1. The molecular formula is C10H13N3O5S. The summed E-state index contributed by atoms with van der Waals surface area (Å²) in [7, 11) is 1.21. The van der Waals surface area contributed by atoms with E-state index >= 15 is 0 Å². The molecule has 0 fully saturated rings. The Bertz CT molecular complexity index is 487. The summed E-state index contributed by atoms with van der Waals surface area (Å²) in [6.07, 6.45) is -0.132. The molecule has 0 bridgehead atoms. The summed E-state index contributed by atoms with van der Waals surface area (Å²) in [5, 5.41) is 15.0. The summed E-state index contributed by atoms with van der Waals surface area (Å²) < 4.78 is 8.01. The van der Waals surface area contributed by atoms with E-state index in [0.717, 1.165) is 11.5 Å². The van der Waals surface area contributed by atoms with Gasteiger partial charge in [0.15, 0.2) is 0 Å². The van der Waals surface area contributed by atoms with Crippen LogP contribution in [-0.2, 0) is 14.3 Å². The maximum atomic E-state index is 11.8. The number of aliphatic carboxylic acids is 1. The number of rotatable bonds is 6. The summed E-state index contributed by atoms with van der Waals surface area (Å²) in [4.78, 5) is 34.0. The fraction of sp³-hybridized carbons (Fsp3) is 0.500. The Balaban J connectivity index is 2.64. The van der Waals surface area contributed by atoms with Crippen LogP contribution >= 0.6 is 11.5 Å². The van der Waals surface area contributed by atoms with E-state index in [2.05, 4.69) is 19.6 Å². The maximum Gasteiger partial charge on any atom is 0.326 e. The normalized spacial score (nSPS) is 11.7. The van der Waals surface area contributed by atoms with Gasteiger partial charge in [0.25, 0.3) is 5.91 Å². The molecule has 1 amide bonds. The van der Waals surface area contributed by atoms with Crippen molar-refractivity contribution in [3.63, 3.8) is 0 Å². The predicted octanol–water partition coefficient (Wildman–Crippen LogP) is -0.0173. The van der Waals surface area contributed by atoms with Gasteiger partial charge in [-0.15, -0.1) is 5.10 Å². The number of hydrogen-bond acceptors (Lipinski definition) is 7. The standard InChI is InChI=1S/C10H13N3O5S/c1-5-8(19-13-12-5)9(15)11-6(10(16)17)3-4-7(14)18-2/h6H,3-4H2,1-2H3,(H,11,15)(H,16,17)/t6-/m0/s1. The Labute approximate surface area is 112 Å². The lowest BCUT2D eigenvalue weighted by Crippen LogP contribution is -2.41. The van der Waals surface area contributed by atoms with Crippen molar-refractivity contribution in [2.75, 3.05) is 7.11 Å². The van der Waals surface area contributed by atoms with Crippen molar-refractivity contribution in [3.05, 3.63) is 10.6 Å². The van der Waals surface area contributed by atoms with Gasteiger partial charge in [0.05, 0.1) is 12.8 Å². The number of aryl methyl sites for hydroxylation is 1. The van der Waals surface area contributed by atoms with E-state index in [9.17, 15) is 14.4 Å². The number of carboxylic acids is 1. The van der Waals surface area contributed by atoms with Crippen molar-refractivity contribution >= 4 is 29.4 Å². The van der Waals surface area contributed by atoms with E-state index < -0.39 is 23.9 Å². The summed E-state index contributed by atoms with van der Waals surface area (Å²) in [5.41, 5.74) is 0.430. The first kappa shape index (κ1) is 15.0. The van der Waals surface area contributed by atoms with Gasteiger partial charge in [-0.05, 0) is 24.9 Å². The van der Waals surface area contributed by atoms with Gasteiger partial charge in [-0.2, -0.15) is 0 Å². The second-order valence-electron chi connectivity index (χ2n) is 3.67. The lowest BCUT2D eigenvalue weighted by molar-refractivity contribution is -0.142. The highest BCUT2D eigenvalue weighted by molar-refractivity contribution is 7.08. The van der Waals surface area contributed by atoms with Gasteiger partial charge in [-0.1, -0.05) is 4.49 Å². The molecule has 0 radical (unpaired) electrons. The highest BCUT2D eigenvalue weighted by Crippen LogP contribution is 2.10. The minimum Gasteiger partial charge on any atom is -0.480 e. The average Bonchev–Trinajstić information content (AvgIpc) is 2.79. The van der Waals surface area contributed by atoms with Gasteiger partial charge in [-0.25, -0.2) is 4.79 Å². The lowest BCUT2D eigenvalue weighted by Gasteiger charge is -2.13. The lowest BCUT2D eigenvalue weighted by atomic mass is 10.1. The first-order valence-corrected chi connectivity index (χ1v) is 6.12. The fourth-order valence-corrected chi connectivity index (χ4v) is 1.84. The Morgan fingerprint density at radius 1 is 1.47 bits per heavy atom. The second kappa shape index (κ2) is 6.78. The van der Waals surface area contributed by atoms with Crippen LogP contribution in [0, 0.1) is 6.92 Å². The number of methoxy groups -OCH3 is 1. The highest BCUT2D eigenvalue weighted by atomic mass is 32.1. The SMILES string of the molecule is COC(=O)CC[C@H](NC(=O)c1snnc1C)C(=O)O. The number of carbonyl (C=O) groups is 3. The topological polar surface area (TPSA) is 118 Å². The quantitative estimate of drug-likeness (QED) is 0.706. The van der Waals surface area contributed by atoms with Crippen LogP contribution < -0.4 is 5.32 Å². The smallest absolute Gasteiger partial charge is 0.326 e. The molecule has 0 aromatic carbocycles. The van der Waals surface area contributed by atoms with E-state index in [1.807, 2.05) is 0 Å². The zero-order chi connectivity index (χ0) is 14.4. The van der Waals surface area contributed by atoms with Gasteiger partial charge in [0.1, 0.15) is 10.9 Å². The second-order valence-corrected chi connectivity index (χ2v) is 4.42. The molecule has 0 aliphatic heterocycles. The molecule has 19 heavy (non-hydrogen) atoms. The van der Waals surface area contributed by atoms with Crippen LogP contribution in [0.4, 0.5) is 0 Å². The molecule has 0 aliphatic rings. The van der Waals surface area contributed by atoms with E-state index in [4.69, 9.17) is 5.11 Å². The van der Waals surface area contributed by atoms with Crippen molar-refractivity contribution < 1.29 is 24.2 Å². The number of amides is 1. The molecule has 2 N–H and O–H groups in total. The molecule has 8 nitrogen and oxygen atoms in total. The van der Waals surface area contributed by atoms with Gasteiger partial charge in [0.2, 0.25) is 0 Å². The fourth-order valence-electron chi connectivity index (χ4n) is 1.29. The first-order valence-electron chi connectivity index (χ1n) is 5.35. The largest absolute Gasteiger partial charge is 0.480 e. The van der Waals surface area contributed by atoms with Crippen LogP contribution in [0.1, 0.15) is 28.2 Å². The van der Waals surface area contributed by atoms with E-state index in [0.29, 0.717) is 5.69 Å². The molecule has 0 spiro atoms. The van der Waals surface area contributed by atoms with Crippen LogP contribution in [0.15, 0.2) is 0 Å². The van der Waals surface area contributed by atoms with Crippen molar-refractivity contribution in [2.24, 2.45) is 0 Å². The highest BCUT2D eigenvalue weighted by Gasteiger charge is 2.23. The summed E-state index contributed by atoms with van der Waals surface area (Å²) in [6.45, 7) is 1.60. The van der Waals surface area contributed by atoms with Crippen molar-refractivity contribution in [2.45, 2.75) is 25.8 Å². The third-order valence-corrected chi connectivity index (χ3v) is 3.15. The molecule has 1 heterocycles. The summed E-state index contributed by atoms with van der Waals surface area (Å²) in [6, 6.07) is -1.16. The number of aromatic nitrogens is 2. The van der Waals surface area contributed by atoms with E-state index in [1.165, 1.54) is 7.11 Å². The van der Waals surface area contributed by atoms with Gasteiger partial charge >= 0.3 is 11.9 Å². The summed E-state index contributed by atoms with van der Waals surface area (Å²) >= 11 is 0.883. The molecule has 9 heteroatoms. The van der Waals surface area contributed by atoms with E-state index in [-0.39, 0.29) is 17.7 Å². The van der Waals surface area contributed by atoms with Crippen LogP contribution in [-0.4, -0.2) is 45.7 Å². The van der Waals surface area contributed by atoms with Gasteiger partial charge in [0, 0.05) is 6.42 Å².